The highest BCUT2D eigenvalue weighted by Crippen LogP contribution is 2.36. The monoisotopic (exact) mass is 430 g/mol. The third-order valence-corrected chi connectivity index (χ3v) is 4.52. The zero-order chi connectivity index (χ0) is 22.4. The van der Waals surface area contributed by atoms with Gasteiger partial charge < -0.3 is 24.1 Å². The van der Waals surface area contributed by atoms with Gasteiger partial charge in [-0.05, 0) is 29.8 Å². The maximum atomic E-state index is 12.6. The summed E-state index contributed by atoms with van der Waals surface area (Å²) in [6, 6.07) is 9.48. The van der Waals surface area contributed by atoms with E-state index in [1.165, 1.54) is 30.8 Å². The Bertz CT molecular complexity index is 991. The number of methoxy groups -OCH3 is 1. The van der Waals surface area contributed by atoms with E-state index in [0.29, 0.717) is 22.7 Å². The van der Waals surface area contributed by atoms with Crippen LogP contribution in [0.4, 0.5) is 10.5 Å². The molecule has 0 spiro atoms. The van der Waals surface area contributed by atoms with Crippen molar-refractivity contribution in [3.05, 3.63) is 54.1 Å². The maximum absolute atomic E-state index is 12.6. The number of hydrogen-bond acceptors (Lipinski definition) is 8. The second-order valence-corrected chi connectivity index (χ2v) is 6.64. The molecule has 3 rings (SSSR count). The molecular formula is C21H22N2O8. The van der Waals surface area contributed by atoms with E-state index in [0.717, 1.165) is 6.08 Å². The number of hydroxylamine groups is 1. The van der Waals surface area contributed by atoms with Crippen molar-refractivity contribution < 1.29 is 38.9 Å². The minimum absolute atomic E-state index is 0.109. The first-order valence-corrected chi connectivity index (χ1v) is 9.27. The lowest BCUT2D eigenvalue weighted by molar-refractivity contribution is -0.124. The van der Waals surface area contributed by atoms with Gasteiger partial charge in [0.1, 0.15) is 6.10 Å². The smallest absolute Gasteiger partial charge is 0.412 e. The average Bonchev–Trinajstić information content (AvgIpc) is 3.23. The summed E-state index contributed by atoms with van der Waals surface area (Å²) in [6.45, 7) is 1.82. The van der Waals surface area contributed by atoms with E-state index in [1.54, 1.807) is 31.2 Å². The first-order chi connectivity index (χ1) is 14.9. The van der Waals surface area contributed by atoms with E-state index in [1.807, 2.05) is 0 Å². The number of aromatic hydroxyl groups is 1. The summed E-state index contributed by atoms with van der Waals surface area (Å²) in [5.41, 5.74) is 2.40. The van der Waals surface area contributed by atoms with Crippen LogP contribution < -0.4 is 25.0 Å². The number of benzene rings is 2. The maximum Gasteiger partial charge on any atom is 0.412 e. The van der Waals surface area contributed by atoms with Crippen LogP contribution in [-0.2, 0) is 9.53 Å². The van der Waals surface area contributed by atoms with Gasteiger partial charge in [0, 0.05) is 23.7 Å². The summed E-state index contributed by atoms with van der Waals surface area (Å²) < 4.78 is 21.2. The summed E-state index contributed by atoms with van der Waals surface area (Å²) in [6.07, 6.45) is 0.950. The van der Waals surface area contributed by atoms with E-state index in [9.17, 15) is 14.7 Å². The fourth-order valence-electron chi connectivity index (χ4n) is 2.98. The normalized spacial score (nSPS) is 14.0. The lowest BCUT2D eigenvalue weighted by Gasteiger charge is -2.23. The fourth-order valence-corrected chi connectivity index (χ4v) is 2.98. The molecule has 0 unspecified atom stereocenters. The lowest BCUT2D eigenvalue weighted by Crippen LogP contribution is -2.22. The number of carbonyl (C=O) groups is 2. The number of amides is 2. The highest BCUT2D eigenvalue weighted by Gasteiger charge is 2.24. The number of phenolic OH excluding ortho intramolecular Hbond substituents is 1. The molecule has 0 aromatic heterocycles. The zero-order valence-electron chi connectivity index (χ0n) is 16.8. The lowest BCUT2D eigenvalue weighted by atomic mass is 9.96. The van der Waals surface area contributed by atoms with Gasteiger partial charge in [0.05, 0.1) is 7.11 Å². The van der Waals surface area contributed by atoms with Gasteiger partial charge in [0.25, 0.3) is 5.91 Å². The van der Waals surface area contributed by atoms with Gasteiger partial charge in [-0.15, -0.1) is 0 Å². The number of carbonyl (C=O) groups excluding carboxylic acids is 2. The van der Waals surface area contributed by atoms with E-state index in [-0.39, 0.29) is 18.3 Å². The van der Waals surface area contributed by atoms with Gasteiger partial charge in [-0.25, -0.2) is 10.3 Å². The van der Waals surface area contributed by atoms with Crippen molar-refractivity contribution in [1.82, 2.24) is 5.48 Å². The van der Waals surface area contributed by atoms with Gasteiger partial charge in [-0.3, -0.25) is 15.3 Å². The van der Waals surface area contributed by atoms with Crippen molar-refractivity contribution in [2.75, 3.05) is 19.2 Å². The fraction of sp³-hybridized carbons (Fsp3) is 0.238. The number of fused-ring (bicyclic) bond motifs is 1. The second kappa shape index (κ2) is 9.72. The molecule has 0 radical (unpaired) electrons. The van der Waals surface area contributed by atoms with E-state index in [4.69, 9.17) is 24.2 Å². The molecule has 1 aliphatic rings. The molecule has 1 heterocycles. The number of nitrogens with one attached hydrogen (secondary N) is 2. The van der Waals surface area contributed by atoms with Crippen molar-refractivity contribution in [1.29, 1.82) is 0 Å². The molecule has 0 fully saturated rings. The van der Waals surface area contributed by atoms with E-state index >= 15 is 0 Å². The van der Waals surface area contributed by atoms with Crippen LogP contribution in [-0.4, -0.2) is 36.2 Å². The van der Waals surface area contributed by atoms with Crippen LogP contribution >= 0.6 is 0 Å². The first kappa shape index (κ1) is 21.8. The quantitative estimate of drug-likeness (QED) is 0.299. The highest BCUT2D eigenvalue weighted by molar-refractivity contribution is 5.86. The van der Waals surface area contributed by atoms with Crippen LogP contribution in [0.1, 0.15) is 18.6 Å². The topological polar surface area (TPSA) is 136 Å². The second-order valence-electron chi connectivity index (χ2n) is 6.64. The summed E-state index contributed by atoms with van der Waals surface area (Å²) in [5, 5.41) is 21.4. The summed E-state index contributed by atoms with van der Waals surface area (Å²) in [5.74, 6) is -0.0167. The molecule has 1 aliphatic heterocycles. The number of hydrogen-bond donors (Lipinski definition) is 4. The van der Waals surface area contributed by atoms with Crippen LogP contribution in [0.3, 0.4) is 0 Å². The Kier molecular flexibility index (Phi) is 6.83. The van der Waals surface area contributed by atoms with Gasteiger partial charge in [-0.2, -0.15) is 0 Å². The summed E-state index contributed by atoms with van der Waals surface area (Å²) in [4.78, 5) is 23.9. The van der Waals surface area contributed by atoms with Crippen LogP contribution in [0.15, 0.2) is 48.6 Å². The number of ether oxygens (including phenoxy) is 4. The third kappa shape index (κ3) is 5.37. The van der Waals surface area contributed by atoms with Crippen molar-refractivity contribution in [3.8, 4) is 23.0 Å². The van der Waals surface area contributed by atoms with E-state index < -0.39 is 24.0 Å². The van der Waals surface area contributed by atoms with Crippen LogP contribution in [0.25, 0.3) is 0 Å². The summed E-state index contributed by atoms with van der Waals surface area (Å²) >= 11 is 0. The van der Waals surface area contributed by atoms with Gasteiger partial charge in [-0.1, -0.05) is 19.1 Å². The molecule has 4 N–H and O–H groups in total. The minimum Gasteiger partial charge on any atom is -0.504 e. The molecular weight excluding hydrogens is 408 g/mol. The van der Waals surface area contributed by atoms with Crippen molar-refractivity contribution in [3.63, 3.8) is 0 Å². The van der Waals surface area contributed by atoms with Crippen LogP contribution in [0, 0.1) is 5.92 Å². The zero-order valence-corrected chi connectivity index (χ0v) is 16.8. The number of rotatable bonds is 7. The minimum atomic E-state index is -0.867. The largest absolute Gasteiger partial charge is 0.504 e. The Balaban J connectivity index is 1.79. The van der Waals surface area contributed by atoms with Gasteiger partial charge >= 0.3 is 6.09 Å². The van der Waals surface area contributed by atoms with Crippen molar-refractivity contribution >= 4 is 17.7 Å². The third-order valence-electron chi connectivity index (χ3n) is 4.52. The molecule has 0 bridgehead atoms. The highest BCUT2D eigenvalue weighted by atomic mass is 16.7. The molecule has 10 heteroatoms. The number of phenols is 1. The molecule has 0 saturated carbocycles. The predicted octanol–water partition coefficient (Wildman–Crippen LogP) is 3.12. The Morgan fingerprint density at radius 3 is 2.65 bits per heavy atom. The first-order valence-electron chi connectivity index (χ1n) is 9.27. The standard InChI is InChI=1S/C21H22N2O8/c1-12(3-8-19(25)23-27)20(13-4-6-16(28-2)15(24)9-13)31-21(26)22-14-5-7-17-18(10-14)30-11-29-17/h3-10,12,20,24,27H,11H2,1-2H3,(H,22,26)(H,23,25)/b8-3+/t12-,20+/m0/s1. The molecule has 2 atom stereocenters. The summed E-state index contributed by atoms with van der Waals surface area (Å²) in [7, 11) is 1.42. The predicted molar refractivity (Wildman–Crippen MR) is 108 cm³/mol. The van der Waals surface area contributed by atoms with Crippen molar-refractivity contribution in [2.24, 2.45) is 5.92 Å². The molecule has 0 aliphatic carbocycles. The number of anilines is 1. The van der Waals surface area contributed by atoms with Crippen LogP contribution in [0.2, 0.25) is 0 Å². The van der Waals surface area contributed by atoms with Crippen molar-refractivity contribution in [2.45, 2.75) is 13.0 Å². The van der Waals surface area contributed by atoms with Gasteiger partial charge in [0.2, 0.25) is 6.79 Å². The Morgan fingerprint density at radius 1 is 1.16 bits per heavy atom. The Labute approximate surface area is 177 Å². The molecule has 0 saturated heterocycles. The Hall–Kier alpha value is -3.92. The Morgan fingerprint density at radius 2 is 1.94 bits per heavy atom. The van der Waals surface area contributed by atoms with Gasteiger partial charge in [0.15, 0.2) is 23.0 Å². The molecule has 2 aromatic rings. The SMILES string of the molecule is COc1ccc([C@H](OC(=O)Nc2ccc3c(c2)OCO3)[C@@H](C)/C=C/C(=O)NO)cc1O. The average molecular weight is 430 g/mol. The molecule has 2 amide bonds. The van der Waals surface area contributed by atoms with Crippen LogP contribution in [0.5, 0.6) is 23.0 Å². The van der Waals surface area contributed by atoms with E-state index in [2.05, 4.69) is 5.32 Å². The molecule has 10 nitrogen and oxygen atoms in total. The molecule has 164 valence electrons. The molecule has 31 heavy (non-hydrogen) atoms. The molecule has 2 aromatic carbocycles.